The van der Waals surface area contributed by atoms with Crippen LogP contribution in [0.3, 0.4) is 0 Å². The van der Waals surface area contributed by atoms with Crippen LogP contribution in [0.5, 0.6) is 0 Å². The number of nitrogens with one attached hydrogen (secondary N) is 1. The minimum Gasteiger partial charge on any atom is -0.360 e. The molecule has 1 N–H and O–H groups in total. The maximum absolute atomic E-state index is 12.1. The van der Waals surface area contributed by atoms with E-state index in [-0.39, 0.29) is 5.56 Å². The van der Waals surface area contributed by atoms with Crippen molar-refractivity contribution in [3.8, 4) is 0 Å². The Bertz CT molecular complexity index is 912. The van der Waals surface area contributed by atoms with Crippen molar-refractivity contribution in [3.05, 3.63) is 58.0 Å². The standard InChI is InChI=1S/C18H20N4OS/c1-2-14-10-15(23)22-17(20-14)24-16(21-22)19-12-18(8-9-18)11-13-6-4-3-5-7-13/h3-7,10H,2,8-9,11-12H2,1H3,(H,19,21). The van der Waals surface area contributed by atoms with Crippen molar-refractivity contribution in [2.75, 3.05) is 11.9 Å². The summed E-state index contributed by atoms with van der Waals surface area (Å²) in [5, 5.41) is 8.57. The zero-order chi connectivity index (χ0) is 16.6. The fourth-order valence-corrected chi connectivity index (χ4v) is 3.81. The Kier molecular flexibility index (Phi) is 3.84. The Morgan fingerprint density at radius 1 is 1.29 bits per heavy atom. The number of benzene rings is 1. The molecule has 0 amide bonds. The molecule has 1 aromatic carbocycles. The van der Waals surface area contributed by atoms with Crippen LogP contribution in [0.15, 0.2) is 41.2 Å². The summed E-state index contributed by atoms with van der Waals surface area (Å²) in [5.41, 5.74) is 2.42. The van der Waals surface area contributed by atoms with Crippen molar-refractivity contribution in [1.29, 1.82) is 0 Å². The van der Waals surface area contributed by atoms with Crippen LogP contribution in [0.1, 0.15) is 31.0 Å². The quantitative estimate of drug-likeness (QED) is 0.749. The van der Waals surface area contributed by atoms with Crippen LogP contribution in [0, 0.1) is 5.41 Å². The summed E-state index contributed by atoms with van der Waals surface area (Å²) in [7, 11) is 0. The number of nitrogens with zero attached hydrogens (tertiary/aromatic N) is 3. The lowest BCUT2D eigenvalue weighted by Crippen LogP contribution is -2.19. The molecule has 6 heteroatoms. The summed E-state index contributed by atoms with van der Waals surface area (Å²) in [6.07, 6.45) is 4.31. The van der Waals surface area contributed by atoms with Gasteiger partial charge in [0.25, 0.3) is 5.56 Å². The normalized spacial score (nSPS) is 15.5. The second-order valence-corrected chi connectivity index (χ2v) is 7.51. The topological polar surface area (TPSA) is 59.3 Å². The average Bonchev–Trinajstić information content (AvgIpc) is 3.22. The molecule has 1 fully saturated rings. The van der Waals surface area contributed by atoms with E-state index in [1.54, 1.807) is 6.07 Å². The molecule has 5 nitrogen and oxygen atoms in total. The van der Waals surface area contributed by atoms with Crippen LogP contribution in [0.2, 0.25) is 0 Å². The first-order valence-corrected chi connectivity index (χ1v) is 9.17. The van der Waals surface area contributed by atoms with Crippen LogP contribution < -0.4 is 10.9 Å². The molecule has 1 aliphatic carbocycles. The summed E-state index contributed by atoms with van der Waals surface area (Å²) >= 11 is 1.45. The highest BCUT2D eigenvalue weighted by Gasteiger charge is 2.42. The highest BCUT2D eigenvalue weighted by atomic mass is 32.1. The van der Waals surface area contributed by atoms with Crippen molar-refractivity contribution < 1.29 is 0 Å². The molecule has 124 valence electrons. The maximum Gasteiger partial charge on any atom is 0.275 e. The summed E-state index contributed by atoms with van der Waals surface area (Å²) in [6.45, 7) is 2.88. The third kappa shape index (κ3) is 3.06. The lowest BCUT2D eigenvalue weighted by Gasteiger charge is -2.15. The molecule has 1 aliphatic rings. The van der Waals surface area contributed by atoms with Gasteiger partial charge >= 0.3 is 0 Å². The van der Waals surface area contributed by atoms with Gasteiger partial charge in [-0.1, -0.05) is 48.6 Å². The van der Waals surface area contributed by atoms with E-state index in [9.17, 15) is 4.79 Å². The predicted octanol–water partition coefficient (Wildman–Crippen LogP) is 3.15. The largest absolute Gasteiger partial charge is 0.360 e. The second kappa shape index (κ2) is 6.02. The van der Waals surface area contributed by atoms with E-state index in [4.69, 9.17) is 0 Å². The van der Waals surface area contributed by atoms with E-state index in [2.05, 4.69) is 45.7 Å². The molecular formula is C18H20N4OS. The first-order valence-electron chi connectivity index (χ1n) is 8.35. The van der Waals surface area contributed by atoms with E-state index in [1.165, 1.54) is 34.3 Å². The third-order valence-corrected chi connectivity index (χ3v) is 5.52. The van der Waals surface area contributed by atoms with Crippen LogP contribution in [0.25, 0.3) is 4.96 Å². The zero-order valence-corrected chi connectivity index (χ0v) is 14.5. The molecule has 0 bridgehead atoms. The van der Waals surface area contributed by atoms with Crippen molar-refractivity contribution in [2.45, 2.75) is 32.6 Å². The van der Waals surface area contributed by atoms with Crippen molar-refractivity contribution in [1.82, 2.24) is 14.6 Å². The summed E-state index contributed by atoms with van der Waals surface area (Å²) < 4.78 is 1.39. The first kappa shape index (κ1) is 15.3. The SMILES string of the molecule is CCc1cc(=O)n2nc(NCC3(Cc4ccccc4)CC3)sc2n1. The number of hydrogen-bond acceptors (Lipinski definition) is 5. The third-order valence-electron chi connectivity index (χ3n) is 4.65. The molecule has 4 rings (SSSR count). The van der Waals surface area contributed by atoms with E-state index in [0.717, 1.165) is 30.2 Å². The molecule has 24 heavy (non-hydrogen) atoms. The highest BCUT2D eigenvalue weighted by molar-refractivity contribution is 7.20. The van der Waals surface area contributed by atoms with Gasteiger partial charge in [0, 0.05) is 18.3 Å². The Morgan fingerprint density at radius 2 is 2.08 bits per heavy atom. The minimum absolute atomic E-state index is 0.105. The van der Waals surface area contributed by atoms with Crippen molar-refractivity contribution >= 4 is 21.4 Å². The first-order chi connectivity index (χ1) is 11.7. The van der Waals surface area contributed by atoms with Crippen molar-refractivity contribution in [2.24, 2.45) is 5.41 Å². The summed E-state index contributed by atoms with van der Waals surface area (Å²) in [5.74, 6) is 0. The fourth-order valence-electron chi connectivity index (χ4n) is 2.99. The van der Waals surface area contributed by atoms with Gasteiger partial charge in [-0.15, -0.1) is 5.10 Å². The molecule has 1 saturated carbocycles. The van der Waals surface area contributed by atoms with Gasteiger partial charge in [-0.3, -0.25) is 4.79 Å². The summed E-state index contributed by atoms with van der Waals surface area (Å²) in [4.78, 5) is 17.2. The number of fused-ring (bicyclic) bond motifs is 1. The Balaban J connectivity index is 1.49. The van der Waals surface area contributed by atoms with Gasteiger partial charge in [-0.25, -0.2) is 4.98 Å². The molecule has 0 radical (unpaired) electrons. The van der Waals surface area contributed by atoms with Crippen LogP contribution >= 0.6 is 11.3 Å². The number of hydrogen-bond donors (Lipinski definition) is 1. The van der Waals surface area contributed by atoms with Gasteiger partial charge in [0.1, 0.15) is 0 Å². The predicted molar refractivity (Wildman–Crippen MR) is 96.8 cm³/mol. The lowest BCUT2D eigenvalue weighted by atomic mass is 9.96. The molecular weight excluding hydrogens is 320 g/mol. The number of rotatable bonds is 6. The van der Waals surface area contributed by atoms with E-state index in [0.29, 0.717) is 10.4 Å². The minimum atomic E-state index is -0.105. The van der Waals surface area contributed by atoms with E-state index < -0.39 is 0 Å². The van der Waals surface area contributed by atoms with Gasteiger partial charge in [-0.05, 0) is 36.7 Å². The molecule has 0 atom stereocenters. The molecule has 0 aliphatic heterocycles. The second-order valence-electron chi connectivity index (χ2n) is 6.56. The Morgan fingerprint density at radius 3 is 2.79 bits per heavy atom. The molecule has 0 saturated heterocycles. The Labute approximate surface area is 144 Å². The molecule has 2 heterocycles. The molecule has 0 spiro atoms. The maximum atomic E-state index is 12.1. The van der Waals surface area contributed by atoms with Crippen LogP contribution in [-0.2, 0) is 12.8 Å². The smallest absolute Gasteiger partial charge is 0.275 e. The van der Waals surface area contributed by atoms with Gasteiger partial charge in [0.2, 0.25) is 10.1 Å². The van der Waals surface area contributed by atoms with Gasteiger partial charge < -0.3 is 5.32 Å². The number of anilines is 1. The van der Waals surface area contributed by atoms with Gasteiger partial charge in [0.15, 0.2) is 0 Å². The van der Waals surface area contributed by atoms with Gasteiger partial charge in [-0.2, -0.15) is 4.52 Å². The fraction of sp³-hybridized carbons (Fsp3) is 0.389. The molecule has 2 aromatic heterocycles. The molecule has 0 unspecified atom stereocenters. The van der Waals surface area contributed by atoms with E-state index in [1.807, 2.05) is 6.92 Å². The average molecular weight is 340 g/mol. The Hall–Kier alpha value is -2.21. The highest BCUT2D eigenvalue weighted by Crippen LogP contribution is 2.48. The van der Waals surface area contributed by atoms with Crippen LogP contribution in [-0.4, -0.2) is 21.1 Å². The summed E-state index contributed by atoms with van der Waals surface area (Å²) in [6, 6.07) is 12.2. The van der Waals surface area contributed by atoms with Gasteiger partial charge in [0.05, 0.1) is 0 Å². The number of aryl methyl sites for hydroxylation is 1. The van der Waals surface area contributed by atoms with E-state index >= 15 is 0 Å². The zero-order valence-electron chi connectivity index (χ0n) is 13.7. The monoisotopic (exact) mass is 340 g/mol. The lowest BCUT2D eigenvalue weighted by molar-refractivity contribution is 0.538. The number of aromatic nitrogens is 3. The van der Waals surface area contributed by atoms with Crippen molar-refractivity contribution in [3.63, 3.8) is 0 Å². The molecule has 3 aromatic rings. The van der Waals surface area contributed by atoms with Crippen LogP contribution in [0.4, 0.5) is 5.13 Å².